The highest BCUT2D eigenvalue weighted by Crippen LogP contribution is 2.15. The summed E-state index contributed by atoms with van der Waals surface area (Å²) in [6, 6.07) is 9.98. The summed E-state index contributed by atoms with van der Waals surface area (Å²) in [5.74, 6) is -0.952. The number of benzene rings is 1. The number of carbonyl (C=O) groups excluding carboxylic acids is 3. The predicted octanol–water partition coefficient (Wildman–Crippen LogP) is 1.71. The molecule has 23 heavy (non-hydrogen) atoms. The molecule has 1 heterocycles. The summed E-state index contributed by atoms with van der Waals surface area (Å²) in [5, 5.41) is 5.22. The number of hydrogen-bond acceptors (Lipinski definition) is 5. The zero-order valence-electron chi connectivity index (χ0n) is 12.5. The molecule has 0 spiro atoms. The number of carbonyl (C=O) groups is 3. The number of hydrogen-bond donors (Lipinski definition) is 2. The monoisotopic (exact) mass is 316 g/mol. The van der Waals surface area contributed by atoms with Crippen molar-refractivity contribution in [1.29, 1.82) is 0 Å². The Kier molecular flexibility index (Phi) is 5.51. The van der Waals surface area contributed by atoms with Crippen LogP contribution in [0.1, 0.15) is 22.5 Å². The first-order chi connectivity index (χ1) is 11.1. The molecular formula is C16H16N2O5. The lowest BCUT2D eigenvalue weighted by molar-refractivity contribution is -0.142. The third-order valence-corrected chi connectivity index (χ3v) is 2.98. The van der Waals surface area contributed by atoms with Gasteiger partial charge in [0.2, 0.25) is 5.91 Å². The van der Waals surface area contributed by atoms with Crippen LogP contribution in [0, 0.1) is 0 Å². The van der Waals surface area contributed by atoms with Gasteiger partial charge in [-0.15, -0.1) is 0 Å². The lowest BCUT2D eigenvalue weighted by atomic mass is 10.1. The lowest BCUT2D eigenvalue weighted by Gasteiger charge is -2.10. The molecule has 0 atom stereocenters. The van der Waals surface area contributed by atoms with Crippen LogP contribution >= 0.6 is 0 Å². The van der Waals surface area contributed by atoms with Gasteiger partial charge in [-0.25, -0.2) is 0 Å². The van der Waals surface area contributed by atoms with E-state index in [-0.39, 0.29) is 18.0 Å². The Bertz CT molecular complexity index is 694. The number of nitrogens with one attached hydrogen (secondary N) is 2. The van der Waals surface area contributed by atoms with Gasteiger partial charge in [-0.3, -0.25) is 14.4 Å². The molecule has 7 nitrogen and oxygen atoms in total. The fraction of sp³-hybridized carbons (Fsp3) is 0.188. The van der Waals surface area contributed by atoms with Gasteiger partial charge in [0.1, 0.15) is 12.2 Å². The number of rotatable bonds is 6. The van der Waals surface area contributed by atoms with E-state index in [1.165, 1.54) is 13.4 Å². The summed E-state index contributed by atoms with van der Waals surface area (Å²) in [4.78, 5) is 35.1. The van der Waals surface area contributed by atoms with E-state index in [0.29, 0.717) is 11.4 Å². The van der Waals surface area contributed by atoms with Crippen molar-refractivity contribution in [3.63, 3.8) is 0 Å². The summed E-state index contributed by atoms with van der Waals surface area (Å²) in [6.45, 7) is 0.232. The molecule has 0 aliphatic rings. The van der Waals surface area contributed by atoms with Crippen molar-refractivity contribution in [1.82, 2.24) is 5.32 Å². The van der Waals surface area contributed by atoms with Crippen LogP contribution in [0.25, 0.3) is 0 Å². The molecule has 2 aromatic rings. The van der Waals surface area contributed by atoms with Crippen LogP contribution in [-0.2, 0) is 20.9 Å². The molecule has 2 N–H and O–H groups in total. The Morgan fingerprint density at radius 2 is 1.91 bits per heavy atom. The number of esters is 1. The molecule has 2 rings (SSSR count). The van der Waals surface area contributed by atoms with Crippen molar-refractivity contribution >= 4 is 23.5 Å². The first-order valence-corrected chi connectivity index (χ1v) is 6.86. The minimum absolute atomic E-state index is 0.232. The predicted molar refractivity (Wildman–Crippen MR) is 81.6 cm³/mol. The number of methoxy groups -OCH3 is 1. The largest absolute Gasteiger partial charge is 0.469 e. The van der Waals surface area contributed by atoms with Gasteiger partial charge in [0.15, 0.2) is 0 Å². The summed E-state index contributed by atoms with van der Waals surface area (Å²) in [6.07, 6.45) is 1.10. The highest BCUT2D eigenvalue weighted by atomic mass is 16.5. The topological polar surface area (TPSA) is 97.6 Å². The molecule has 1 aromatic carbocycles. The van der Waals surface area contributed by atoms with E-state index < -0.39 is 18.3 Å². The second-order valence-corrected chi connectivity index (χ2v) is 4.61. The molecule has 0 aliphatic carbocycles. The molecular weight excluding hydrogens is 300 g/mol. The molecule has 120 valence electrons. The summed E-state index contributed by atoms with van der Waals surface area (Å²) in [7, 11) is 1.20. The van der Waals surface area contributed by atoms with Gasteiger partial charge >= 0.3 is 5.97 Å². The van der Waals surface area contributed by atoms with Crippen molar-refractivity contribution in [3.05, 3.63) is 54.0 Å². The Balaban J connectivity index is 2.02. The summed E-state index contributed by atoms with van der Waals surface area (Å²) < 4.78 is 9.56. The standard InChI is InChI=1S/C16H16N2O5/c1-22-15(20)9-14(19)18-13-7-3-2-6-12(13)16(21)17-10-11-5-4-8-23-11/h2-8H,9-10H2,1H3,(H,17,21)(H,18,19). The normalized spacial score (nSPS) is 9.96. The van der Waals surface area contributed by atoms with Crippen LogP contribution in [0.2, 0.25) is 0 Å². The minimum Gasteiger partial charge on any atom is -0.469 e. The van der Waals surface area contributed by atoms with Crippen LogP contribution in [0.15, 0.2) is 47.1 Å². The Morgan fingerprint density at radius 3 is 2.61 bits per heavy atom. The second kappa shape index (κ2) is 7.79. The van der Waals surface area contributed by atoms with Gasteiger partial charge in [0, 0.05) is 0 Å². The molecule has 1 aromatic heterocycles. The number of furan rings is 1. The van der Waals surface area contributed by atoms with E-state index in [1.807, 2.05) is 0 Å². The fourth-order valence-electron chi connectivity index (χ4n) is 1.86. The molecule has 7 heteroatoms. The van der Waals surface area contributed by atoms with Crippen LogP contribution < -0.4 is 10.6 Å². The van der Waals surface area contributed by atoms with Crippen molar-refractivity contribution < 1.29 is 23.5 Å². The lowest BCUT2D eigenvalue weighted by Crippen LogP contribution is -2.25. The van der Waals surface area contributed by atoms with E-state index in [0.717, 1.165) is 0 Å². The van der Waals surface area contributed by atoms with Gasteiger partial charge < -0.3 is 19.8 Å². The third kappa shape index (κ3) is 4.70. The number of para-hydroxylation sites is 1. The second-order valence-electron chi connectivity index (χ2n) is 4.61. The first kappa shape index (κ1) is 16.3. The number of ether oxygens (including phenoxy) is 1. The van der Waals surface area contributed by atoms with Gasteiger partial charge in [-0.05, 0) is 24.3 Å². The van der Waals surface area contributed by atoms with Crippen LogP contribution in [0.5, 0.6) is 0 Å². The van der Waals surface area contributed by atoms with E-state index in [9.17, 15) is 14.4 Å². The van der Waals surface area contributed by atoms with Crippen molar-refractivity contribution in [3.8, 4) is 0 Å². The number of amides is 2. The van der Waals surface area contributed by atoms with Crippen LogP contribution in [0.3, 0.4) is 0 Å². The van der Waals surface area contributed by atoms with E-state index in [4.69, 9.17) is 4.42 Å². The molecule has 0 fully saturated rings. The van der Waals surface area contributed by atoms with Crippen molar-refractivity contribution in [2.24, 2.45) is 0 Å². The third-order valence-electron chi connectivity index (χ3n) is 2.98. The molecule has 0 saturated carbocycles. The van der Waals surface area contributed by atoms with Gasteiger partial charge in [0.05, 0.1) is 31.2 Å². The summed E-state index contributed by atoms with van der Waals surface area (Å²) >= 11 is 0. The van der Waals surface area contributed by atoms with E-state index in [1.54, 1.807) is 36.4 Å². The Morgan fingerprint density at radius 1 is 1.13 bits per heavy atom. The van der Waals surface area contributed by atoms with Crippen LogP contribution in [-0.4, -0.2) is 24.9 Å². The quantitative estimate of drug-likeness (QED) is 0.624. The molecule has 2 amide bonds. The summed E-state index contributed by atoms with van der Waals surface area (Å²) in [5.41, 5.74) is 0.607. The van der Waals surface area contributed by atoms with Crippen molar-refractivity contribution in [2.75, 3.05) is 12.4 Å². The maximum Gasteiger partial charge on any atom is 0.315 e. The zero-order chi connectivity index (χ0) is 16.7. The number of anilines is 1. The molecule has 0 aliphatic heterocycles. The van der Waals surface area contributed by atoms with Crippen molar-refractivity contribution in [2.45, 2.75) is 13.0 Å². The zero-order valence-corrected chi connectivity index (χ0v) is 12.5. The highest BCUT2D eigenvalue weighted by Gasteiger charge is 2.15. The molecule has 0 bridgehead atoms. The average Bonchev–Trinajstić information content (AvgIpc) is 3.06. The van der Waals surface area contributed by atoms with Gasteiger partial charge in [-0.2, -0.15) is 0 Å². The SMILES string of the molecule is COC(=O)CC(=O)Nc1ccccc1C(=O)NCc1ccco1. The molecule has 0 unspecified atom stereocenters. The van der Waals surface area contributed by atoms with E-state index in [2.05, 4.69) is 15.4 Å². The molecule has 0 radical (unpaired) electrons. The van der Waals surface area contributed by atoms with Gasteiger partial charge in [0.25, 0.3) is 5.91 Å². The van der Waals surface area contributed by atoms with E-state index >= 15 is 0 Å². The fourth-order valence-corrected chi connectivity index (χ4v) is 1.86. The smallest absolute Gasteiger partial charge is 0.315 e. The maximum absolute atomic E-state index is 12.2. The van der Waals surface area contributed by atoms with Gasteiger partial charge in [-0.1, -0.05) is 12.1 Å². The van der Waals surface area contributed by atoms with Crippen LogP contribution in [0.4, 0.5) is 5.69 Å². The minimum atomic E-state index is -0.651. The first-order valence-electron chi connectivity index (χ1n) is 6.86. The Labute approximate surface area is 132 Å². The molecule has 0 saturated heterocycles. The maximum atomic E-state index is 12.2. The highest BCUT2D eigenvalue weighted by molar-refractivity contribution is 6.07. The Hall–Kier alpha value is -3.09. The average molecular weight is 316 g/mol.